The van der Waals surface area contributed by atoms with E-state index in [-0.39, 0.29) is 17.9 Å². The van der Waals surface area contributed by atoms with Crippen LogP contribution in [-0.2, 0) is 11.4 Å². The molecule has 3 aromatic rings. The van der Waals surface area contributed by atoms with Crippen molar-refractivity contribution in [2.75, 3.05) is 29.1 Å². The zero-order valence-corrected chi connectivity index (χ0v) is 19.3. The van der Waals surface area contributed by atoms with Crippen LogP contribution < -0.4 is 25.4 Å². The molecule has 3 N–H and O–H groups in total. The van der Waals surface area contributed by atoms with Crippen molar-refractivity contribution in [2.24, 2.45) is 5.92 Å². The van der Waals surface area contributed by atoms with Gasteiger partial charge in [0.25, 0.3) is 0 Å². The second-order valence-corrected chi connectivity index (χ2v) is 8.09. The van der Waals surface area contributed by atoms with Gasteiger partial charge in [-0.05, 0) is 30.7 Å². The van der Waals surface area contributed by atoms with Crippen molar-refractivity contribution in [3.8, 4) is 17.6 Å². The van der Waals surface area contributed by atoms with Gasteiger partial charge in [-0.15, -0.1) is 0 Å². The summed E-state index contributed by atoms with van der Waals surface area (Å²) in [5, 5.41) is 19.5. The highest BCUT2D eigenvalue weighted by atomic mass is 16.5. The Morgan fingerprint density at radius 2 is 1.94 bits per heavy atom. The van der Waals surface area contributed by atoms with Gasteiger partial charge in [0, 0.05) is 42.5 Å². The first-order chi connectivity index (χ1) is 16.6. The fourth-order valence-electron chi connectivity index (χ4n) is 4.02. The van der Waals surface area contributed by atoms with Gasteiger partial charge in [-0.2, -0.15) is 5.26 Å². The summed E-state index contributed by atoms with van der Waals surface area (Å²) in [6.07, 6.45) is 0. The summed E-state index contributed by atoms with van der Waals surface area (Å²) in [5.41, 5.74) is 4.28. The number of hydrogen-bond donors (Lipinski definition) is 3. The Bertz CT molecular complexity index is 1190. The van der Waals surface area contributed by atoms with Crippen LogP contribution in [0.5, 0.6) is 11.5 Å². The summed E-state index contributed by atoms with van der Waals surface area (Å²) >= 11 is 0. The van der Waals surface area contributed by atoms with Crippen LogP contribution in [0.25, 0.3) is 0 Å². The molecule has 34 heavy (non-hydrogen) atoms. The van der Waals surface area contributed by atoms with Crippen LogP contribution in [0.2, 0.25) is 0 Å². The standard InChI is InChI=1S/C27H28N4O3/c1-3-33-26-14-24-23(13-25(26)30-18(2)32)27(20(15-28)16-29-24)31-21-10-7-11-22(12-21)34-17-19-8-5-4-6-9-19/h4-14,20,27,29,31H,3,16-17H2,1-2H3,(H,30,32). The molecule has 7 heteroatoms. The van der Waals surface area contributed by atoms with Gasteiger partial charge >= 0.3 is 0 Å². The zero-order chi connectivity index (χ0) is 23.9. The lowest BCUT2D eigenvalue weighted by atomic mass is 9.88. The molecule has 174 valence electrons. The minimum Gasteiger partial charge on any atom is -0.492 e. The van der Waals surface area contributed by atoms with Gasteiger partial charge in [0.2, 0.25) is 5.91 Å². The Hall–Kier alpha value is -4.18. The van der Waals surface area contributed by atoms with Gasteiger partial charge in [-0.25, -0.2) is 0 Å². The molecule has 1 heterocycles. The van der Waals surface area contributed by atoms with E-state index in [1.165, 1.54) is 6.92 Å². The van der Waals surface area contributed by atoms with Crippen molar-refractivity contribution in [1.29, 1.82) is 5.26 Å². The van der Waals surface area contributed by atoms with E-state index >= 15 is 0 Å². The molecule has 1 amide bonds. The van der Waals surface area contributed by atoms with E-state index in [0.29, 0.717) is 31.2 Å². The number of amides is 1. The normalized spacial score (nSPS) is 16.4. The minimum absolute atomic E-state index is 0.186. The number of nitrogens with one attached hydrogen (secondary N) is 3. The summed E-state index contributed by atoms with van der Waals surface area (Å²) in [4.78, 5) is 11.8. The van der Waals surface area contributed by atoms with Gasteiger partial charge in [0.15, 0.2) is 0 Å². The third kappa shape index (κ3) is 5.41. The molecule has 3 aromatic carbocycles. The molecule has 1 aliphatic heterocycles. The van der Waals surface area contributed by atoms with Gasteiger partial charge in [-0.1, -0.05) is 36.4 Å². The lowest BCUT2D eigenvalue weighted by molar-refractivity contribution is -0.114. The summed E-state index contributed by atoms with van der Waals surface area (Å²) in [5.74, 6) is 0.829. The van der Waals surface area contributed by atoms with Crippen LogP contribution in [-0.4, -0.2) is 19.1 Å². The van der Waals surface area contributed by atoms with Gasteiger partial charge in [0.05, 0.1) is 30.3 Å². The van der Waals surface area contributed by atoms with E-state index in [1.807, 2.05) is 73.7 Å². The number of carbonyl (C=O) groups is 1. The second-order valence-electron chi connectivity index (χ2n) is 8.09. The molecule has 2 atom stereocenters. The van der Waals surface area contributed by atoms with E-state index in [0.717, 1.165) is 28.3 Å². The van der Waals surface area contributed by atoms with Crippen molar-refractivity contribution in [3.63, 3.8) is 0 Å². The van der Waals surface area contributed by atoms with Crippen LogP contribution >= 0.6 is 0 Å². The molecule has 0 radical (unpaired) electrons. The predicted octanol–water partition coefficient (Wildman–Crippen LogP) is 5.34. The topological polar surface area (TPSA) is 95.4 Å². The first kappa shape index (κ1) is 23.0. The highest BCUT2D eigenvalue weighted by molar-refractivity contribution is 5.91. The average molecular weight is 457 g/mol. The monoisotopic (exact) mass is 456 g/mol. The Morgan fingerprint density at radius 3 is 2.68 bits per heavy atom. The highest BCUT2D eigenvalue weighted by Crippen LogP contribution is 2.41. The maximum absolute atomic E-state index is 11.8. The van der Waals surface area contributed by atoms with Crippen LogP contribution in [0, 0.1) is 17.2 Å². The van der Waals surface area contributed by atoms with E-state index < -0.39 is 0 Å². The van der Waals surface area contributed by atoms with Crippen LogP contribution in [0.4, 0.5) is 17.1 Å². The second kappa shape index (κ2) is 10.6. The SMILES string of the molecule is CCOc1cc2c(cc1NC(C)=O)C(Nc1cccc(OCc3ccccc3)c1)C(C#N)CN2. The number of benzene rings is 3. The fraction of sp³-hybridized carbons (Fsp3) is 0.259. The molecule has 7 nitrogen and oxygen atoms in total. The summed E-state index contributed by atoms with van der Waals surface area (Å²) in [6.45, 7) is 4.80. The van der Waals surface area contributed by atoms with Crippen molar-refractivity contribution in [3.05, 3.63) is 77.9 Å². The van der Waals surface area contributed by atoms with Gasteiger partial charge in [-0.3, -0.25) is 4.79 Å². The zero-order valence-electron chi connectivity index (χ0n) is 19.3. The Kier molecular flexibility index (Phi) is 7.19. The van der Waals surface area contributed by atoms with Crippen molar-refractivity contribution < 1.29 is 14.3 Å². The quantitative estimate of drug-likeness (QED) is 0.423. The fourth-order valence-corrected chi connectivity index (χ4v) is 4.02. The number of ether oxygens (including phenoxy) is 2. The Morgan fingerprint density at radius 1 is 1.12 bits per heavy atom. The largest absolute Gasteiger partial charge is 0.492 e. The number of hydrogen-bond acceptors (Lipinski definition) is 6. The third-order valence-electron chi connectivity index (χ3n) is 5.58. The molecule has 0 fully saturated rings. The van der Waals surface area contributed by atoms with E-state index in [4.69, 9.17) is 9.47 Å². The summed E-state index contributed by atoms with van der Waals surface area (Å²) < 4.78 is 11.7. The van der Waals surface area contributed by atoms with Gasteiger partial charge in [0.1, 0.15) is 18.1 Å². The van der Waals surface area contributed by atoms with Crippen molar-refractivity contribution >= 4 is 23.0 Å². The molecule has 0 bridgehead atoms. The molecular weight excluding hydrogens is 428 g/mol. The Balaban J connectivity index is 1.60. The maximum Gasteiger partial charge on any atom is 0.221 e. The van der Waals surface area contributed by atoms with E-state index in [1.54, 1.807) is 0 Å². The molecule has 0 aliphatic carbocycles. The number of rotatable bonds is 8. The van der Waals surface area contributed by atoms with Crippen LogP contribution in [0.3, 0.4) is 0 Å². The maximum atomic E-state index is 11.8. The summed E-state index contributed by atoms with van der Waals surface area (Å²) in [7, 11) is 0. The molecule has 2 unspecified atom stereocenters. The van der Waals surface area contributed by atoms with Crippen molar-refractivity contribution in [2.45, 2.75) is 26.5 Å². The average Bonchev–Trinajstić information content (AvgIpc) is 2.84. The van der Waals surface area contributed by atoms with Crippen LogP contribution in [0.1, 0.15) is 31.0 Å². The molecular formula is C27H28N4O3. The van der Waals surface area contributed by atoms with E-state index in [9.17, 15) is 10.1 Å². The number of nitrogens with zero attached hydrogens (tertiary/aromatic N) is 1. The molecule has 1 aliphatic rings. The molecule has 0 spiro atoms. The highest BCUT2D eigenvalue weighted by Gasteiger charge is 2.31. The summed E-state index contributed by atoms with van der Waals surface area (Å²) in [6, 6.07) is 23.6. The molecule has 0 saturated carbocycles. The first-order valence-electron chi connectivity index (χ1n) is 11.3. The number of anilines is 3. The van der Waals surface area contributed by atoms with Crippen molar-refractivity contribution in [1.82, 2.24) is 0 Å². The Labute approximate surface area is 199 Å². The smallest absolute Gasteiger partial charge is 0.221 e. The minimum atomic E-state index is -0.315. The van der Waals surface area contributed by atoms with Crippen LogP contribution in [0.15, 0.2) is 66.7 Å². The van der Waals surface area contributed by atoms with Gasteiger partial charge < -0.3 is 25.4 Å². The number of nitriles is 1. The first-order valence-corrected chi connectivity index (χ1v) is 11.3. The lowest BCUT2D eigenvalue weighted by Gasteiger charge is -2.33. The molecule has 0 saturated heterocycles. The van der Waals surface area contributed by atoms with E-state index in [2.05, 4.69) is 22.0 Å². The molecule has 4 rings (SSSR count). The number of fused-ring (bicyclic) bond motifs is 1. The number of carbonyl (C=O) groups excluding carboxylic acids is 1. The third-order valence-corrected chi connectivity index (χ3v) is 5.58. The molecule has 0 aromatic heterocycles. The predicted molar refractivity (Wildman–Crippen MR) is 133 cm³/mol. The lowest BCUT2D eigenvalue weighted by Crippen LogP contribution is -2.31.